The molecule has 21 heavy (non-hydrogen) atoms. The third kappa shape index (κ3) is 1.72. The van der Waals surface area contributed by atoms with E-state index in [1.807, 2.05) is 0 Å². The Hall–Kier alpha value is -0.590. The highest BCUT2D eigenvalue weighted by Gasteiger charge is 2.60. The van der Waals surface area contributed by atoms with Crippen molar-refractivity contribution in [1.82, 2.24) is 0 Å². The Labute approximate surface area is 129 Å². The van der Waals surface area contributed by atoms with Gasteiger partial charge in [-0.05, 0) is 73.5 Å². The molecule has 0 aromatic rings. The SMILES string of the molecule is CC1C[C@@H]2[C@@H](CC[C@]3(C)C(=O)CC[C@@H]23)[C@@]2(C)C=CCCC12. The van der Waals surface area contributed by atoms with Crippen LogP contribution in [0.5, 0.6) is 0 Å². The summed E-state index contributed by atoms with van der Waals surface area (Å²) >= 11 is 0. The second kappa shape index (κ2) is 4.46. The highest BCUT2D eigenvalue weighted by atomic mass is 16.1. The minimum Gasteiger partial charge on any atom is -0.299 e. The van der Waals surface area contributed by atoms with Crippen LogP contribution in [0, 0.1) is 40.4 Å². The lowest BCUT2D eigenvalue weighted by molar-refractivity contribution is -0.136. The number of hydrogen-bond acceptors (Lipinski definition) is 1. The van der Waals surface area contributed by atoms with Gasteiger partial charge in [-0.1, -0.05) is 32.9 Å². The van der Waals surface area contributed by atoms with Crippen LogP contribution in [-0.4, -0.2) is 5.78 Å². The van der Waals surface area contributed by atoms with Crippen LogP contribution >= 0.6 is 0 Å². The number of carbonyl (C=O) groups is 1. The molecule has 3 fully saturated rings. The molecule has 0 heterocycles. The molecule has 7 atom stereocenters. The molecule has 0 aliphatic heterocycles. The molecular formula is C20H30O. The van der Waals surface area contributed by atoms with E-state index in [-0.39, 0.29) is 5.41 Å². The molecule has 0 saturated heterocycles. The van der Waals surface area contributed by atoms with Gasteiger partial charge < -0.3 is 0 Å². The van der Waals surface area contributed by atoms with Crippen molar-refractivity contribution >= 4 is 5.78 Å². The van der Waals surface area contributed by atoms with Gasteiger partial charge in [0.15, 0.2) is 0 Å². The summed E-state index contributed by atoms with van der Waals surface area (Å²) in [6.45, 7) is 7.32. The normalized spacial score (nSPS) is 55.8. The predicted molar refractivity (Wildman–Crippen MR) is 85.8 cm³/mol. The number of fused-ring (bicyclic) bond motifs is 5. The van der Waals surface area contributed by atoms with Crippen molar-refractivity contribution in [1.29, 1.82) is 0 Å². The third-order valence-corrected chi connectivity index (χ3v) is 8.20. The molecule has 3 saturated carbocycles. The number of ketones is 1. The quantitative estimate of drug-likeness (QED) is 0.572. The van der Waals surface area contributed by atoms with Gasteiger partial charge in [-0.2, -0.15) is 0 Å². The summed E-state index contributed by atoms with van der Waals surface area (Å²) in [5.74, 6) is 4.60. The van der Waals surface area contributed by atoms with Gasteiger partial charge in [-0.3, -0.25) is 4.79 Å². The van der Waals surface area contributed by atoms with Gasteiger partial charge in [0.2, 0.25) is 0 Å². The smallest absolute Gasteiger partial charge is 0.139 e. The van der Waals surface area contributed by atoms with Crippen molar-refractivity contribution in [3.63, 3.8) is 0 Å². The standard InChI is InChI=1S/C20H30O/c1-13-12-14-16-7-8-18(21)20(16,3)11-9-17(14)19(2)10-5-4-6-15(13)19/h5,10,13-17H,4,6-9,11-12H2,1-3H3/t13?,14-,15?,16-,17+,19-,20-/m0/s1. The average Bonchev–Trinajstić information content (AvgIpc) is 2.75. The number of hydrogen-bond donors (Lipinski definition) is 0. The van der Waals surface area contributed by atoms with Crippen LogP contribution in [-0.2, 0) is 4.79 Å². The highest BCUT2D eigenvalue weighted by Crippen LogP contribution is 2.65. The Kier molecular flexibility index (Phi) is 2.98. The van der Waals surface area contributed by atoms with E-state index < -0.39 is 0 Å². The molecule has 0 spiro atoms. The van der Waals surface area contributed by atoms with Crippen LogP contribution in [0.2, 0.25) is 0 Å². The van der Waals surface area contributed by atoms with Crippen LogP contribution in [0.25, 0.3) is 0 Å². The Morgan fingerprint density at radius 1 is 1.10 bits per heavy atom. The fourth-order valence-corrected chi connectivity index (χ4v) is 7.10. The van der Waals surface area contributed by atoms with Crippen molar-refractivity contribution in [2.75, 3.05) is 0 Å². The van der Waals surface area contributed by atoms with Crippen LogP contribution in [0.4, 0.5) is 0 Å². The zero-order valence-electron chi connectivity index (χ0n) is 13.9. The van der Waals surface area contributed by atoms with E-state index in [0.717, 1.165) is 36.5 Å². The Bertz CT molecular complexity index is 492. The number of allylic oxidation sites excluding steroid dienone is 2. The van der Waals surface area contributed by atoms with E-state index in [4.69, 9.17) is 0 Å². The van der Waals surface area contributed by atoms with Gasteiger partial charge in [-0.15, -0.1) is 0 Å². The maximum atomic E-state index is 12.4. The van der Waals surface area contributed by atoms with Crippen molar-refractivity contribution in [3.05, 3.63) is 12.2 Å². The Morgan fingerprint density at radius 2 is 1.90 bits per heavy atom. The van der Waals surface area contributed by atoms with Gasteiger partial charge in [0.1, 0.15) is 5.78 Å². The molecule has 0 amide bonds. The van der Waals surface area contributed by atoms with Crippen LogP contribution in [0.3, 0.4) is 0 Å². The van der Waals surface area contributed by atoms with E-state index in [2.05, 4.69) is 32.9 Å². The van der Waals surface area contributed by atoms with E-state index in [1.165, 1.54) is 32.1 Å². The van der Waals surface area contributed by atoms with E-state index in [1.54, 1.807) is 0 Å². The van der Waals surface area contributed by atoms with Crippen molar-refractivity contribution in [3.8, 4) is 0 Å². The lowest BCUT2D eigenvalue weighted by atomic mass is 9.44. The van der Waals surface area contributed by atoms with Gasteiger partial charge in [0, 0.05) is 11.8 Å². The Balaban J connectivity index is 1.73. The zero-order chi connectivity index (χ0) is 14.8. The summed E-state index contributed by atoms with van der Waals surface area (Å²) < 4.78 is 0. The summed E-state index contributed by atoms with van der Waals surface area (Å²) in [6, 6.07) is 0. The van der Waals surface area contributed by atoms with E-state index in [9.17, 15) is 4.79 Å². The lowest BCUT2D eigenvalue weighted by Gasteiger charge is -2.60. The fraction of sp³-hybridized carbons (Fsp3) is 0.850. The first-order valence-electron chi connectivity index (χ1n) is 9.18. The van der Waals surface area contributed by atoms with Gasteiger partial charge in [0.25, 0.3) is 0 Å². The van der Waals surface area contributed by atoms with Gasteiger partial charge >= 0.3 is 0 Å². The van der Waals surface area contributed by atoms with Crippen molar-refractivity contribution < 1.29 is 4.79 Å². The maximum absolute atomic E-state index is 12.4. The van der Waals surface area contributed by atoms with Gasteiger partial charge in [0.05, 0.1) is 0 Å². The molecule has 1 heteroatoms. The molecule has 0 bridgehead atoms. The number of Topliss-reactive ketones (excluding diaryl/α,β-unsaturated/α-hetero) is 1. The molecule has 2 unspecified atom stereocenters. The Morgan fingerprint density at radius 3 is 2.71 bits per heavy atom. The first-order valence-corrected chi connectivity index (χ1v) is 9.18. The van der Waals surface area contributed by atoms with Gasteiger partial charge in [-0.25, -0.2) is 0 Å². The van der Waals surface area contributed by atoms with Crippen LogP contribution in [0.15, 0.2) is 12.2 Å². The monoisotopic (exact) mass is 286 g/mol. The molecule has 0 aromatic heterocycles. The van der Waals surface area contributed by atoms with Crippen molar-refractivity contribution in [2.45, 2.75) is 65.7 Å². The number of carbonyl (C=O) groups excluding carboxylic acids is 1. The van der Waals surface area contributed by atoms with Crippen LogP contribution in [0.1, 0.15) is 65.7 Å². The molecule has 0 radical (unpaired) electrons. The summed E-state index contributed by atoms with van der Waals surface area (Å²) in [4.78, 5) is 12.4. The highest BCUT2D eigenvalue weighted by molar-refractivity contribution is 5.87. The maximum Gasteiger partial charge on any atom is 0.139 e. The summed E-state index contributed by atoms with van der Waals surface area (Å²) in [5.41, 5.74) is 0.440. The second-order valence-electron chi connectivity index (χ2n) is 8.96. The number of rotatable bonds is 0. The molecule has 0 N–H and O–H groups in total. The molecule has 1 nitrogen and oxygen atoms in total. The molecule has 0 aromatic carbocycles. The lowest BCUT2D eigenvalue weighted by Crippen LogP contribution is -2.54. The second-order valence-corrected chi connectivity index (χ2v) is 8.96. The largest absolute Gasteiger partial charge is 0.299 e. The molecule has 4 rings (SSSR count). The minimum atomic E-state index is 0.0302. The molecule has 4 aliphatic rings. The van der Waals surface area contributed by atoms with Crippen molar-refractivity contribution in [2.24, 2.45) is 40.4 Å². The fourth-order valence-electron chi connectivity index (χ4n) is 7.10. The minimum absolute atomic E-state index is 0.0302. The first kappa shape index (κ1) is 14.0. The third-order valence-electron chi connectivity index (χ3n) is 8.20. The summed E-state index contributed by atoms with van der Waals surface area (Å²) in [5, 5.41) is 0. The summed E-state index contributed by atoms with van der Waals surface area (Å²) in [6.07, 6.45) is 13.5. The van der Waals surface area contributed by atoms with E-state index >= 15 is 0 Å². The molecular weight excluding hydrogens is 256 g/mol. The predicted octanol–water partition coefficient (Wildman–Crippen LogP) is 5.01. The average molecular weight is 286 g/mol. The molecule has 4 aliphatic carbocycles. The first-order chi connectivity index (χ1) is 9.97. The van der Waals surface area contributed by atoms with E-state index in [0.29, 0.717) is 17.1 Å². The topological polar surface area (TPSA) is 17.1 Å². The zero-order valence-corrected chi connectivity index (χ0v) is 13.9. The van der Waals surface area contributed by atoms with Crippen LogP contribution < -0.4 is 0 Å². The summed E-state index contributed by atoms with van der Waals surface area (Å²) in [7, 11) is 0. The molecule has 116 valence electrons.